The first-order valence-corrected chi connectivity index (χ1v) is 10.3. The van der Waals surface area contributed by atoms with Crippen molar-refractivity contribution in [1.29, 1.82) is 0 Å². The van der Waals surface area contributed by atoms with Gasteiger partial charge in [0.1, 0.15) is 0 Å². The molecular formula is C20H22N4OS2. The number of hydrogen-bond donors (Lipinski definition) is 2. The molecule has 1 aromatic heterocycles. The molecule has 140 valence electrons. The number of ether oxygens (including phenoxy) is 1. The Morgan fingerprint density at radius 3 is 2.78 bits per heavy atom. The molecule has 0 radical (unpaired) electrons. The van der Waals surface area contributed by atoms with E-state index in [1.165, 1.54) is 5.56 Å². The summed E-state index contributed by atoms with van der Waals surface area (Å²) in [6.07, 6.45) is 0.944. The molecule has 0 bridgehead atoms. The van der Waals surface area contributed by atoms with Crippen molar-refractivity contribution in [2.75, 3.05) is 43.1 Å². The fourth-order valence-corrected chi connectivity index (χ4v) is 4.30. The third-order valence-electron chi connectivity index (χ3n) is 4.46. The summed E-state index contributed by atoms with van der Waals surface area (Å²) in [5.74, 6) is 0. The molecule has 0 aliphatic carbocycles. The molecule has 3 aromatic rings. The van der Waals surface area contributed by atoms with Gasteiger partial charge in [0, 0.05) is 25.3 Å². The number of rotatable bonds is 5. The Labute approximate surface area is 168 Å². The Morgan fingerprint density at radius 1 is 1.15 bits per heavy atom. The minimum atomic E-state index is 0.642. The lowest BCUT2D eigenvalue weighted by molar-refractivity contribution is 0.122. The van der Waals surface area contributed by atoms with Crippen LogP contribution in [0.1, 0.15) is 5.56 Å². The van der Waals surface area contributed by atoms with E-state index in [4.69, 9.17) is 21.9 Å². The van der Waals surface area contributed by atoms with Crippen molar-refractivity contribution in [3.8, 4) is 0 Å². The molecule has 0 unspecified atom stereocenters. The van der Waals surface area contributed by atoms with Crippen LogP contribution < -0.4 is 15.5 Å². The van der Waals surface area contributed by atoms with E-state index in [0.717, 1.165) is 60.3 Å². The van der Waals surface area contributed by atoms with Gasteiger partial charge in [0.2, 0.25) is 0 Å². The van der Waals surface area contributed by atoms with Crippen LogP contribution in [0.25, 0.3) is 10.2 Å². The van der Waals surface area contributed by atoms with Crippen molar-refractivity contribution < 1.29 is 4.74 Å². The lowest BCUT2D eigenvalue weighted by Gasteiger charge is -2.25. The minimum absolute atomic E-state index is 0.642. The zero-order valence-corrected chi connectivity index (χ0v) is 16.6. The van der Waals surface area contributed by atoms with Crippen LogP contribution in [0.4, 0.5) is 10.8 Å². The van der Waals surface area contributed by atoms with Crippen molar-refractivity contribution in [3.05, 3.63) is 54.1 Å². The molecule has 2 N–H and O–H groups in total. The molecule has 5 nitrogen and oxygen atoms in total. The molecule has 0 saturated carbocycles. The van der Waals surface area contributed by atoms with Gasteiger partial charge < -0.3 is 20.3 Å². The maximum atomic E-state index is 5.43. The third-order valence-corrected chi connectivity index (χ3v) is 5.78. The predicted molar refractivity (Wildman–Crippen MR) is 117 cm³/mol. The monoisotopic (exact) mass is 398 g/mol. The highest BCUT2D eigenvalue weighted by Crippen LogP contribution is 2.31. The van der Waals surface area contributed by atoms with Crippen LogP contribution in [0, 0.1) is 0 Å². The van der Waals surface area contributed by atoms with Crippen LogP contribution in [0.15, 0.2) is 48.5 Å². The average Bonchev–Trinajstić information content (AvgIpc) is 3.13. The summed E-state index contributed by atoms with van der Waals surface area (Å²) in [4.78, 5) is 7.04. The number of nitrogens with zero attached hydrogens (tertiary/aromatic N) is 2. The van der Waals surface area contributed by atoms with E-state index in [2.05, 4.69) is 45.9 Å². The van der Waals surface area contributed by atoms with Gasteiger partial charge in [-0.25, -0.2) is 4.98 Å². The van der Waals surface area contributed by atoms with Crippen LogP contribution in [0.5, 0.6) is 0 Å². The van der Waals surface area contributed by atoms with Crippen LogP contribution in [0.2, 0.25) is 0 Å². The topological polar surface area (TPSA) is 49.4 Å². The van der Waals surface area contributed by atoms with Gasteiger partial charge in [0.25, 0.3) is 0 Å². The van der Waals surface area contributed by atoms with Gasteiger partial charge in [-0.1, -0.05) is 41.7 Å². The van der Waals surface area contributed by atoms with Gasteiger partial charge in [-0.3, -0.25) is 0 Å². The Hall–Kier alpha value is -2.22. The number of morpholine rings is 1. The maximum Gasteiger partial charge on any atom is 0.186 e. The predicted octanol–water partition coefficient (Wildman–Crippen LogP) is 3.66. The first-order valence-electron chi connectivity index (χ1n) is 9.10. The standard InChI is InChI=1S/C20H22N4OS2/c26-19(21-9-8-15-4-2-1-3-5-15)22-16-6-7-17-18(14-16)27-20(23-17)24-10-12-25-13-11-24/h1-7,14H,8-13H2,(H2,21,22,26). The van der Waals surface area contributed by atoms with Crippen molar-refractivity contribution in [1.82, 2.24) is 10.3 Å². The highest BCUT2D eigenvalue weighted by molar-refractivity contribution is 7.80. The maximum absolute atomic E-state index is 5.43. The first-order chi connectivity index (χ1) is 13.3. The van der Waals surface area contributed by atoms with Crippen molar-refractivity contribution in [2.45, 2.75) is 6.42 Å². The average molecular weight is 399 g/mol. The lowest BCUT2D eigenvalue weighted by Crippen LogP contribution is -2.36. The summed E-state index contributed by atoms with van der Waals surface area (Å²) in [6.45, 7) is 4.15. The Bertz CT molecular complexity index is 907. The van der Waals surface area contributed by atoms with Gasteiger partial charge in [-0.15, -0.1) is 0 Å². The molecule has 7 heteroatoms. The molecule has 27 heavy (non-hydrogen) atoms. The number of fused-ring (bicyclic) bond motifs is 1. The summed E-state index contributed by atoms with van der Waals surface area (Å²) in [5, 5.41) is 8.25. The van der Waals surface area contributed by atoms with Gasteiger partial charge in [0.15, 0.2) is 10.2 Å². The second-order valence-corrected chi connectivity index (χ2v) is 7.81. The van der Waals surface area contributed by atoms with Crippen molar-refractivity contribution in [3.63, 3.8) is 0 Å². The fourth-order valence-electron chi connectivity index (χ4n) is 3.02. The molecule has 4 rings (SSSR count). The number of anilines is 2. The van der Waals surface area contributed by atoms with Crippen LogP contribution in [0.3, 0.4) is 0 Å². The van der Waals surface area contributed by atoms with E-state index in [-0.39, 0.29) is 0 Å². The van der Waals surface area contributed by atoms with E-state index < -0.39 is 0 Å². The number of aromatic nitrogens is 1. The summed E-state index contributed by atoms with van der Waals surface area (Å²) in [5.41, 5.74) is 3.31. The molecule has 0 amide bonds. The molecule has 1 saturated heterocycles. The van der Waals surface area contributed by atoms with E-state index in [0.29, 0.717) is 5.11 Å². The van der Waals surface area contributed by atoms with Crippen LogP contribution in [-0.2, 0) is 11.2 Å². The second kappa shape index (κ2) is 8.65. The SMILES string of the molecule is S=C(NCCc1ccccc1)Nc1ccc2nc(N3CCOCC3)sc2c1. The summed E-state index contributed by atoms with van der Waals surface area (Å²) < 4.78 is 6.58. The molecule has 1 aliphatic heterocycles. The van der Waals surface area contributed by atoms with Gasteiger partial charge in [-0.05, 0) is 42.4 Å². The second-order valence-electron chi connectivity index (χ2n) is 6.39. The summed E-state index contributed by atoms with van der Waals surface area (Å²) in [6, 6.07) is 16.6. The van der Waals surface area contributed by atoms with E-state index in [9.17, 15) is 0 Å². The number of hydrogen-bond acceptors (Lipinski definition) is 5. The molecule has 0 atom stereocenters. The van der Waals surface area contributed by atoms with Crippen molar-refractivity contribution >= 4 is 49.7 Å². The third kappa shape index (κ3) is 4.74. The molecule has 2 heterocycles. The fraction of sp³-hybridized carbons (Fsp3) is 0.300. The van der Waals surface area contributed by atoms with E-state index >= 15 is 0 Å². The Kier molecular flexibility index (Phi) is 5.81. The molecular weight excluding hydrogens is 376 g/mol. The normalized spacial score (nSPS) is 14.3. The number of benzene rings is 2. The number of nitrogens with one attached hydrogen (secondary N) is 2. The molecule has 0 spiro atoms. The zero-order chi connectivity index (χ0) is 18.5. The van der Waals surface area contributed by atoms with Gasteiger partial charge in [0.05, 0.1) is 23.4 Å². The van der Waals surface area contributed by atoms with Crippen molar-refractivity contribution in [2.24, 2.45) is 0 Å². The summed E-state index contributed by atoms with van der Waals surface area (Å²) >= 11 is 7.14. The highest BCUT2D eigenvalue weighted by Gasteiger charge is 2.15. The van der Waals surface area contributed by atoms with Gasteiger partial charge >= 0.3 is 0 Å². The lowest BCUT2D eigenvalue weighted by atomic mass is 10.1. The molecule has 1 fully saturated rings. The number of thiazole rings is 1. The van der Waals surface area contributed by atoms with E-state index in [1.807, 2.05) is 18.2 Å². The Morgan fingerprint density at radius 2 is 1.96 bits per heavy atom. The summed E-state index contributed by atoms with van der Waals surface area (Å²) in [7, 11) is 0. The largest absolute Gasteiger partial charge is 0.378 e. The van der Waals surface area contributed by atoms with E-state index in [1.54, 1.807) is 11.3 Å². The van der Waals surface area contributed by atoms with Crippen LogP contribution in [-0.4, -0.2) is 42.9 Å². The smallest absolute Gasteiger partial charge is 0.186 e. The van der Waals surface area contributed by atoms with Crippen LogP contribution >= 0.6 is 23.6 Å². The first kappa shape index (κ1) is 18.2. The van der Waals surface area contributed by atoms with Gasteiger partial charge in [-0.2, -0.15) is 0 Å². The molecule has 1 aliphatic rings. The Balaban J connectivity index is 1.34. The zero-order valence-electron chi connectivity index (χ0n) is 15.0. The minimum Gasteiger partial charge on any atom is -0.378 e. The molecule has 2 aromatic carbocycles. The quantitative estimate of drug-likeness (QED) is 0.640. The number of thiocarbonyl (C=S) groups is 1. The highest BCUT2D eigenvalue weighted by atomic mass is 32.1.